The summed E-state index contributed by atoms with van der Waals surface area (Å²) in [6.07, 6.45) is 0. The summed E-state index contributed by atoms with van der Waals surface area (Å²) in [4.78, 5) is 0. The van der Waals surface area contributed by atoms with Gasteiger partial charge in [-0.15, -0.1) is 0 Å². The zero-order valence-electron chi connectivity index (χ0n) is 18.2. The maximum Gasteiger partial charge on any atom is 0.242 e. The Kier molecular flexibility index (Phi) is 6.81. The molecule has 0 spiro atoms. The number of benzene rings is 4. The van der Waals surface area contributed by atoms with E-state index in [-0.39, 0.29) is 6.71 Å². The first-order chi connectivity index (χ1) is 15.3. The van der Waals surface area contributed by atoms with Gasteiger partial charge in [-0.3, -0.25) is 0 Å². The van der Waals surface area contributed by atoms with E-state index in [0.717, 1.165) is 0 Å². The van der Waals surface area contributed by atoms with Crippen molar-refractivity contribution in [1.82, 2.24) is 0 Å². The van der Waals surface area contributed by atoms with E-state index in [9.17, 15) is 0 Å². The number of hydrogen-bond acceptors (Lipinski definition) is 1. The lowest BCUT2D eigenvalue weighted by molar-refractivity contribution is 0.240. The minimum absolute atomic E-state index is 0.0938. The molecule has 1 nitrogen and oxygen atoms in total. The van der Waals surface area contributed by atoms with Gasteiger partial charge in [-0.2, -0.15) is 0 Å². The van der Waals surface area contributed by atoms with Crippen molar-refractivity contribution in [2.24, 2.45) is 0 Å². The molecule has 152 valence electrons. The molecule has 0 bridgehead atoms. The second-order valence-corrected chi connectivity index (χ2v) is 7.81. The molecule has 0 aliphatic rings. The summed E-state index contributed by atoms with van der Waals surface area (Å²) in [6.45, 7) is 2.76. The molecule has 0 atom stereocenters. The van der Waals surface area contributed by atoms with Crippen molar-refractivity contribution in [2.75, 3.05) is 13.7 Å². The van der Waals surface area contributed by atoms with Crippen molar-refractivity contribution in [3.8, 4) is 0 Å². The Labute approximate surface area is 186 Å². The number of ether oxygens (including phenoxy) is 1. The molecule has 4 aromatic carbocycles. The maximum absolute atomic E-state index is 5.76. The molecule has 0 N–H and O–H groups in total. The van der Waals surface area contributed by atoms with Gasteiger partial charge in [-0.25, -0.2) is 0 Å². The Hall–Kier alpha value is -3.36. The van der Waals surface area contributed by atoms with Gasteiger partial charge in [0.05, 0.1) is 6.61 Å². The molecule has 0 unspecified atom stereocenters. The van der Waals surface area contributed by atoms with Crippen LogP contribution in [0.3, 0.4) is 0 Å². The van der Waals surface area contributed by atoms with E-state index >= 15 is 0 Å². The number of hydrogen-bond donors (Lipinski definition) is 0. The molecular formula is C29H27BO. The highest BCUT2D eigenvalue weighted by Crippen LogP contribution is 2.29. The molecular weight excluding hydrogens is 375 g/mol. The van der Waals surface area contributed by atoms with Crippen LogP contribution >= 0.6 is 0 Å². The lowest BCUT2D eigenvalue weighted by atomic mass is 9.34. The zero-order chi connectivity index (χ0) is 21.5. The van der Waals surface area contributed by atoms with Gasteiger partial charge in [0.25, 0.3) is 0 Å². The molecule has 0 aliphatic carbocycles. The van der Waals surface area contributed by atoms with Crippen LogP contribution in [0.1, 0.15) is 16.7 Å². The molecule has 0 radical (unpaired) electrons. The minimum Gasteiger partial charge on any atom is -0.380 e. The first kappa shape index (κ1) is 20.9. The fourth-order valence-electron chi connectivity index (χ4n) is 4.17. The van der Waals surface area contributed by atoms with Crippen molar-refractivity contribution in [3.63, 3.8) is 0 Å². The van der Waals surface area contributed by atoms with Gasteiger partial charge in [0.15, 0.2) is 0 Å². The van der Waals surface area contributed by atoms with Crippen LogP contribution in [0.4, 0.5) is 0 Å². The van der Waals surface area contributed by atoms with Crippen LogP contribution in [-0.2, 0) is 4.74 Å². The van der Waals surface area contributed by atoms with E-state index in [0.29, 0.717) is 6.61 Å². The average Bonchev–Trinajstić information content (AvgIpc) is 2.84. The third-order valence-electron chi connectivity index (χ3n) is 5.65. The third kappa shape index (κ3) is 4.87. The van der Waals surface area contributed by atoms with E-state index < -0.39 is 0 Å². The largest absolute Gasteiger partial charge is 0.380 e. The van der Waals surface area contributed by atoms with E-state index in [1.54, 1.807) is 7.11 Å². The Balaban J connectivity index is 2.04. The fraction of sp³-hybridized carbons (Fsp3) is 0.103. The molecule has 31 heavy (non-hydrogen) atoms. The average molecular weight is 402 g/mol. The van der Waals surface area contributed by atoms with E-state index in [1.165, 1.54) is 38.7 Å². The van der Waals surface area contributed by atoms with E-state index in [1.807, 2.05) is 0 Å². The second kappa shape index (κ2) is 10.1. The smallest absolute Gasteiger partial charge is 0.242 e. The highest BCUT2D eigenvalue weighted by molar-refractivity contribution is 7.00. The Morgan fingerprint density at radius 2 is 1.10 bits per heavy atom. The van der Waals surface area contributed by atoms with Crippen molar-refractivity contribution >= 4 is 28.7 Å². The molecule has 0 saturated carbocycles. The van der Waals surface area contributed by atoms with Crippen molar-refractivity contribution in [1.29, 1.82) is 0 Å². The Bertz CT molecular complexity index is 1080. The predicted molar refractivity (Wildman–Crippen MR) is 134 cm³/mol. The summed E-state index contributed by atoms with van der Waals surface area (Å²) in [5.74, 6) is 0. The fourth-order valence-corrected chi connectivity index (χ4v) is 4.17. The number of rotatable bonds is 7. The van der Waals surface area contributed by atoms with Crippen LogP contribution in [0.25, 0.3) is 11.0 Å². The van der Waals surface area contributed by atoms with Gasteiger partial charge in [-0.1, -0.05) is 137 Å². The molecule has 4 rings (SSSR count). The lowest BCUT2D eigenvalue weighted by Gasteiger charge is -2.24. The van der Waals surface area contributed by atoms with Gasteiger partial charge in [0.2, 0.25) is 6.71 Å². The molecule has 4 aromatic rings. The highest BCUT2D eigenvalue weighted by Gasteiger charge is 2.28. The second-order valence-electron chi connectivity index (χ2n) is 7.81. The Morgan fingerprint density at radius 3 is 1.58 bits per heavy atom. The van der Waals surface area contributed by atoms with Crippen molar-refractivity contribution < 1.29 is 4.74 Å². The van der Waals surface area contributed by atoms with Gasteiger partial charge >= 0.3 is 0 Å². The summed E-state index contributed by atoms with van der Waals surface area (Å²) in [5.41, 5.74) is 8.71. The predicted octanol–water partition coefficient (Wildman–Crippen LogP) is 5.40. The molecule has 0 aromatic heterocycles. The van der Waals surface area contributed by atoms with Crippen molar-refractivity contribution in [3.05, 3.63) is 132 Å². The summed E-state index contributed by atoms with van der Waals surface area (Å²) in [7, 11) is 1.77. The summed E-state index contributed by atoms with van der Waals surface area (Å²) in [5, 5.41) is 0. The lowest BCUT2D eigenvalue weighted by Crippen LogP contribution is -2.44. The first-order valence-corrected chi connectivity index (χ1v) is 10.7. The maximum atomic E-state index is 5.76. The monoisotopic (exact) mass is 402 g/mol. The first-order valence-electron chi connectivity index (χ1n) is 10.7. The van der Waals surface area contributed by atoms with E-state index in [4.69, 9.17) is 4.74 Å². The van der Waals surface area contributed by atoms with Crippen LogP contribution in [0.2, 0.25) is 0 Å². The summed E-state index contributed by atoms with van der Waals surface area (Å²) >= 11 is 0. The van der Waals surface area contributed by atoms with Gasteiger partial charge in [0.1, 0.15) is 0 Å². The van der Waals surface area contributed by atoms with Crippen LogP contribution in [0.15, 0.2) is 115 Å². The van der Waals surface area contributed by atoms with Crippen LogP contribution in [0.5, 0.6) is 0 Å². The number of aryl methyl sites for hydroxylation is 1. The Morgan fingerprint density at radius 1 is 0.613 bits per heavy atom. The quantitative estimate of drug-likeness (QED) is 0.297. The van der Waals surface area contributed by atoms with Gasteiger partial charge in [0, 0.05) is 7.11 Å². The topological polar surface area (TPSA) is 9.23 Å². The van der Waals surface area contributed by atoms with E-state index in [2.05, 4.69) is 122 Å². The van der Waals surface area contributed by atoms with Crippen LogP contribution < -0.4 is 10.9 Å². The highest BCUT2D eigenvalue weighted by atomic mass is 16.5. The van der Waals surface area contributed by atoms with Gasteiger partial charge < -0.3 is 4.74 Å². The summed E-state index contributed by atoms with van der Waals surface area (Å²) < 4.78 is 5.76. The number of methoxy groups -OCH3 is 1. The zero-order valence-corrected chi connectivity index (χ0v) is 18.2. The summed E-state index contributed by atoms with van der Waals surface area (Å²) in [6, 6.07) is 41.0. The normalized spacial score (nSPS) is 11.7. The minimum atomic E-state index is 0.0938. The molecule has 0 saturated heterocycles. The molecule has 0 amide bonds. The molecule has 0 aliphatic heterocycles. The molecule has 2 heteroatoms. The molecule has 0 heterocycles. The molecule has 0 fully saturated rings. The van der Waals surface area contributed by atoms with Gasteiger partial charge in [-0.05, 0) is 23.6 Å². The third-order valence-corrected chi connectivity index (χ3v) is 5.65. The van der Waals surface area contributed by atoms with Crippen molar-refractivity contribution in [2.45, 2.75) is 6.92 Å². The SMILES string of the molecule is COCC(=C(B(c1ccccc1)c1ccccc1)c1ccccc1)c1ccc(C)cc1. The van der Waals surface area contributed by atoms with Crippen LogP contribution in [-0.4, -0.2) is 20.4 Å². The van der Waals surface area contributed by atoms with Crippen LogP contribution in [0, 0.1) is 6.92 Å². The standard InChI is InChI=1S/C29H27BO/c1-23-18-20-24(21-19-23)28(22-31-2)29(25-12-6-3-7-13-25)30(26-14-8-4-9-15-26)27-16-10-5-11-17-27/h3-21H,22H2,1-2H3.